The average molecular weight is 245 g/mol. The summed E-state index contributed by atoms with van der Waals surface area (Å²) >= 11 is 0. The number of methoxy groups -OCH3 is 1. The summed E-state index contributed by atoms with van der Waals surface area (Å²) in [6.45, 7) is 3.66. The Hall–Kier alpha value is -1.59. The van der Waals surface area contributed by atoms with Crippen LogP contribution in [0.4, 0.5) is 0 Å². The lowest BCUT2D eigenvalue weighted by Gasteiger charge is -2.16. The Bertz CT molecular complexity index is 290. The third-order valence-corrected chi connectivity index (χ3v) is 2.38. The first-order chi connectivity index (χ1) is 7.92. The Kier molecular flexibility index (Phi) is 6.93. The number of carbonyl (C=O) groups is 3. The van der Waals surface area contributed by atoms with Crippen LogP contribution < -0.4 is 5.32 Å². The topological polar surface area (TPSA) is 92.7 Å². The first-order valence-corrected chi connectivity index (χ1v) is 5.52. The van der Waals surface area contributed by atoms with Crippen LogP contribution in [0, 0.1) is 5.92 Å². The standard InChI is InChI=1S/C11H19NO5/c1-4-5-7(2)10(14)12-8(11(15)16)6-9(13)17-3/h7-8H,4-6H2,1-3H3,(H,12,14)(H,15,16)/t7?,8-/m0/s1. The number of aliphatic carboxylic acids is 1. The summed E-state index contributed by atoms with van der Waals surface area (Å²) in [5.41, 5.74) is 0. The maximum absolute atomic E-state index is 11.6. The van der Waals surface area contributed by atoms with E-state index < -0.39 is 18.0 Å². The highest BCUT2D eigenvalue weighted by molar-refractivity contribution is 5.87. The Balaban J connectivity index is 4.39. The van der Waals surface area contributed by atoms with E-state index in [1.807, 2.05) is 6.92 Å². The van der Waals surface area contributed by atoms with Crippen LogP contribution in [0.5, 0.6) is 0 Å². The summed E-state index contributed by atoms with van der Waals surface area (Å²) in [6, 6.07) is -1.23. The number of hydrogen-bond acceptors (Lipinski definition) is 4. The molecule has 0 rings (SSSR count). The molecule has 0 aromatic rings. The normalized spacial score (nSPS) is 13.6. The van der Waals surface area contributed by atoms with Crippen molar-refractivity contribution in [3.05, 3.63) is 0 Å². The zero-order valence-corrected chi connectivity index (χ0v) is 10.4. The van der Waals surface area contributed by atoms with Crippen LogP contribution in [0.2, 0.25) is 0 Å². The quantitative estimate of drug-likeness (QED) is 0.639. The summed E-state index contributed by atoms with van der Waals surface area (Å²) in [4.78, 5) is 33.4. The molecular weight excluding hydrogens is 226 g/mol. The molecular formula is C11H19NO5. The van der Waals surface area contributed by atoms with Gasteiger partial charge in [-0.3, -0.25) is 9.59 Å². The molecule has 98 valence electrons. The van der Waals surface area contributed by atoms with Gasteiger partial charge in [-0.1, -0.05) is 20.3 Å². The van der Waals surface area contributed by atoms with Crippen LogP contribution in [0.15, 0.2) is 0 Å². The second kappa shape index (κ2) is 7.65. The number of carboxylic acids is 1. The summed E-state index contributed by atoms with van der Waals surface area (Å²) in [6.07, 6.45) is 1.15. The number of ether oxygens (including phenoxy) is 1. The Labute approximate surface area is 100 Å². The van der Waals surface area contributed by atoms with Crippen molar-refractivity contribution in [2.75, 3.05) is 7.11 Å². The summed E-state index contributed by atoms with van der Waals surface area (Å²) < 4.78 is 4.37. The van der Waals surface area contributed by atoms with E-state index in [1.165, 1.54) is 7.11 Å². The highest BCUT2D eigenvalue weighted by Gasteiger charge is 2.25. The molecule has 1 unspecified atom stereocenters. The van der Waals surface area contributed by atoms with Crippen molar-refractivity contribution in [2.45, 2.75) is 39.2 Å². The molecule has 0 aliphatic rings. The fourth-order valence-electron chi connectivity index (χ4n) is 1.33. The number of rotatable bonds is 7. The first-order valence-electron chi connectivity index (χ1n) is 5.52. The SMILES string of the molecule is CCCC(C)C(=O)N[C@@H](CC(=O)OC)C(=O)O. The van der Waals surface area contributed by atoms with Gasteiger partial charge in [0.1, 0.15) is 6.04 Å². The van der Waals surface area contributed by atoms with Gasteiger partial charge in [-0.2, -0.15) is 0 Å². The lowest BCUT2D eigenvalue weighted by atomic mass is 10.0. The average Bonchev–Trinajstić information content (AvgIpc) is 2.27. The van der Waals surface area contributed by atoms with Crippen molar-refractivity contribution in [1.82, 2.24) is 5.32 Å². The fourth-order valence-corrected chi connectivity index (χ4v) is 1.33. The number of esters is 1. The monoisotopic (exact) mass is 245 g/mol. The molecule has 0 aromatic heterocycles. The van der Waals surface area contributed by atoms with Gasteiger partial charge >= 0.3 is 11.9 Å². The third-order valence-electron chi connectivity index (χ3n) is 2.38. The van der Waals surface area contributed by atoms with Crippen LogP contribution >= 0.6 is 0 Å². The van der Waals surface area contributed by atoms with Crippen LogP contribution in [0.1, 0.15) is 33.1 Å². The number of hydrogen-bond donors (Lipinski definition) is 2. The highest BCUT2D eigenvalue weighted by Crippen LogP contribution is 2.06. The molecule has 0 radical (unpaired) electrons. The van der Waals surface area contributed by atoms with Crippen molar-refractivity contribution < 1.29 is 24.2 Å². The van der Waals surface area contributed by atoms with Gasteiger partial charge in [0.25, 0.3) is 0 Å². The van der Waals surface area contributed by atoms with Crippen LogP contribution in [-0.4, -0.2) is 36.1 Å². The molecule has 0 saturated carbocycles. The van der Waals surface area contributed by atoms with E-state index in [-0.39, 0.29) is 18.2 Å². The maximum atomic E-state index is 11.6. The molecule has 0 fully saturated rings. The van der Waals surface area contributed by atoms with Crippen molar-refractivity contribution >= 4 is 17.8 Å². The van der Waals surface area contributed by atoms with Crippen molar-refractivity contribution in [1.29, 1.82) is 0 Å². The Morgan fingerprint density at radius 3 is 2.35 bits per heavy atom. The Morgan fingerprint density at radius 2 is 1.94 bits per heavy atom. The van der Waals surface area contributed by atoms with Crippen LogP contribution in [-0.2, 0) is 19.1 Å². The zero-order valence-electron chi connectivity index (χ0n) is 10.4. The molecule has 1 amide bonds. The highest BCUT2D eigenvalue weighted by atomic mass is 16.5. The molecule has 0 aliphatic heterocycles. The van der Waals surface area contributed by atoms with Gasteiger partial charge in [0.05, 0.1) is 13.5 Å². The second-order valence-corrected chi connectivity index (χ2v) is 3.87. The molecule has 6 heteroatoms. The number of amides is 1. The molecule has 0 spiro atoms. The van der Waals surface area contributed by atoms with E-state index in [4.69, 9.17) is 5.11 Å². The fraction of sp³-hybridized carbons (Fsp3) is 0.727. The number of carboxylic acid groups (broad SMARTS) is 1. The van der Waals surface area contributed by atoms with Crippen molar-refractivity contribution in [2.24, 2.45) is 5.92 Å². The van der Waals surface area contributed by atoms with E-state index in [0.29, 0.717) is 6.42 Å². The second-order valence-electron chi connectivity index (χ2n) is 3.87. The lowest BCUT2D eigenvalue weighted by molar-refractivity contribution is -0.149. The molecule has 0 saturated heterocycles. The molecule has 0 bridgehead atoms. The van der Waals surface area contributed by atoms with E-state index >= 15 is 0 Å². The molecule has 6 nitrogen and oxygen atoms in total. The predicted molar refractivity (Wildman–Crippen MR) is 60.3 cm³/mol. The van der Waals surface area contributed by atoms with E-state index in [0.717, 1.165) is 6.42 Å². The molecule has 2 N–H and O–H groups in total. The molecule has 0 heterocycles. The molecule has 0 aromatic carbocycles. The smallest absolute Gasteiger partial charge is 0.326 e. The maximum Gasteiger partial charge on any atom is 0.326 e. The molecule has 0 aliphatic carbocycles. The van der Waals surface area contributed by atoms with Gasteiger partial charge in [-0.15, -0.1) is 0 Å². The number of nitrogens with one attached hydrogen (secondary N) is 1. The zero-order chi connectivity index (χ0) is 13.4. The van der Waals surface area contributed by atoms with Crippen molar-refractivity contribution in [3.63, 3.8) is 0 Å². The van der Waals surface area contributed by atoms with Gasteiger partial charge in [-0.05, 0) is 6.42 Å². The van der Waals surface area contributed by atoms with Gasteiger partial charge in [0.2, 0.25) is 5.91 Å². The van der Waals surface area contributed by atoms with Gasteiger partial charge in [0.15, 0.2) is 0 Å². The Morgan fingerprint density at radius 1 is 1.35 bits per heavy atom. The lowest BCUT2D eigenvalue weighted by Crippen LogP contribution is -2.44. The minimum Gasteiger partial charge on any atom is -0.480 e. The summed E-state index contributed by atoms with van der Waals surface area (Å²) in [5, 5.41) is 11.2. The van der Waals surface area contributed by atoms with Gasteiger partial charge in [0, 0.05) is 5.92 Å². The largest absolute Gasteiger partial charge is 0.480 e. The molecule has 2 atom stereocenters. The molecule has 17 heavy (non-hydrogen) atoms. The van der Waals surface area contributed by atoms with Gasteiger partial charge < -0.3 is 15.2 Å². The number of carbonyl (C=O) groups excluding carboxylic acids is 2. The minimum absolute atomic E-state index is 0.264. The van der Waals surface area contributed by atoms with E-state index in [9.17, 15) is 14.4 Å². The van der Waals surface area contributed by atoms with Crippen LogP contribution in [0.3, 0.4) is 0 Å². The van der Waals surface area contributed by atoms with Crippen molar-refractivity contribution in [3.8, 4) is 0 Å². The summed E-state index contributed by atoms with van der Waals surface area (Å²) in [7, 11) is 1.17. The minimum atomic E-state index is -1.24. The van der Waals surface area contributed by atoms with Crippen LogP contribution in [0.25, 0.3) is 0 Å². The van der Waals surface area contributed by atoms with E-state index in [1.54, 1.807) is 6.92 Å². The first kappa shape index (κ1) is 15.4. The third kappa shape index (κ3) is 5.89. The summed E-state index contributed by atoms with van der Waals surface area (Å²) in [5.74, 6) is -2.53. The van der Waals surface area contributed by atoms with E-state index in [2.05, 4.69) is 10.1 Å². The predicted octanol–water partition coefficient (Wildman–Crippen LogP) is 0.555. The van der Waals surface area contributed by atoms with Gasteiger partial charge in [-0.25, -0.2) is 4.79 Å².